The minimum Gasteiger partial charge on any atom is -0.478 e. The van der Waals surface area contributed by atoms with Gasteiger partial charge in [0.05, 0.1) is 6.10 Å². The molecule has 2 atom stereocenters. The minimum absolute atomic E-state index is 0.0936. The second-order valence-corrected chi connectivity index (χ2v) is 2.62. The molecule has 0 heterocycles. The summed E-state index contributed by atoms with van der Waals surface area (Å²) in [6.07, 6.45) is 2.02. The van der Waals surface area contributed by atoms with Gasteiger partial charge in [-0.15, -0.1) is 0 Å². The summed E-state index contributed by atoms with van der Waals surface area (Å²) in [5.41, 5.74) is 0.321. The van der Waals surface area contributed by atoms with Gasteiger partial charge in [-0.05, 0) is 13.3 Å². The summed E-state index contributed by atoms with van der Waals surface area (Å²) in [4.78, 5) is 10.2. The Bertz CT molecular complexity index is 183. The second-order valence-electron chi connectivity index (χ2n) is 2.62. The molecule has 1 aliphatic carbocycles. The van der Waals surface area contributed by atoms with Gasteiger partial charge in [0, 0.05) is 11.5 Å². The van der Waals surface area contributed by atoms with E-state index in [0.29, 0.717) is 12.0 Å². The Morgan fingerprint density at radius 2 is 2.20 bits per heavy atom. The van der Waals surface area contributed by atoms with Gasteiger partial charge in [0.25, 0.3) is 0 Å². The molecule has 56 valence electrons. The average molecular weight is 142 g/mol. The Morgan fingerprint density at radius 3 is 2.50 bits per heavy atom. The molecule has 0 aromatic heterocycles. The van der Waals surface area contributed by atoms with Crippen molar-refractivity contribution in [3.05, 3.63) is 11.6 Å². The summed E-state index contributed by atoms with van der Waals surface area (Å²) in [6.45, 7) is 1.54. The normalized spacial score (nSPS) is 32.0. The first kappa shape index (κ1) is 7.28. The van der Waals surface area contributed by atoms with E-state index in [4.69, 9.17) is 10.2 Å². The van der Waals surface area contributed by atoms with Gasteiger partial charge < -0.3 is 10.2 Å². The highest BCUT2D eigenvalue weighted by Crippen LogP contribution is 2.32. The smallest absolute Gasteiger partial charge is 0.330 e. The molecule has 3 heteroatoms. The third kappa shape index (κ3) is 1.57. The van der Waals surface area contributed by atoms with E-state index in [1.165, 1.54) is 6.92 Å². The van der Waals surface area contributed by atoms with Crippen molar-refractivity contribution in [2.45, 2.75) is 19.4 Å². The van der Waals surface area contributed by atoms with Crippen molar-refractivity contribution in [2.24, 2.45) is 5.92 Å². The van der Waals surface area contributed by atoms with Gasteiger partial charge in [-0.2, -0.15) is 0 Å². The number of aliphatic hydroxyl groups excluding tert-OH is 1. The van der Waals surface area contributed by atoms with Crippen LogP contribution < -0.4 is 0 Å². The molecule has 1 fully saturated rings. The van der Waals surface area contributed by atoms with E-state index in [-0.39, 0.29) is 12.0 Å². The first-order valence-corrected chi connectivity index (χ1v) is 3.21. The van der Waals surface area contributed by atoms with Gasteiger partial charge in [0.1, 0.15) is 0 Å². The van der Waals surface area contributed by atoms with Gasteiger partial charge in [-0.1, -0.05) is 6.08 Å². The van der Waals surface area contributed by atoms with E-state index in [2.05, 4.69) is 0 Å². The van der Waals surface area contributed by atoms with Gasteiger partial charge in [0.15, 0.2) is 0 Å². The highest BCUT2D eigenvalue weighted by molar-refractivity contribution is 5.85. The van der Waals surface area contributed by atoms with E-state index in [1.54, 1.807) is 6.08 Å². The zero-order valence-electron chi connectivity index (χ0n) is 5.74. The number of carboxylic acid groups (broad SMARTS) is 1. The number of aliphatic carboxylic acids is 1. The highest BCUT2D eigenvalue weighted by Gasteiger charge is 2.33. The van der Waals surface area contributed by atoms with Crippen molar-refractivity contribution in [2.75, 3.05) is 0 Å². The van der Waals surface area contributed by atoms with Crippen molar-refractivity contribution < 1.29 is 15.0 Å². The molecule has 0 aromatic carbocycles. The van der Waals surface area contributed by atoms with E-state index < -0.39 is 5.97 Å². The molecular weight excluding hydrogens is 132 g/mol. The lowest BCUT2D eigenvalue weighted by atomic mass is 10.2. The lowest BCUT2D eigenvalue weighted by Crippen LogP contribution is -1.96. The molecule has 0 aromatic rings. The fraction of sp³-hybridized carbons (Fsp3) is 0.571. The topological polar surface area (TPSA) is 57.5 Å². The van der Waals surface area contributed by atoms with Crippen LogP contribution in [0.1, 0.15) is 13.3 Å². The number of aliphatic hydroxyl groups is 1. The summed E-state index contributed by atoms with van der Waals surface area (Å²) in [5.74, 6) is -0.810. The van der Waals surface area contributed by atoms with Crippen molar-refractivity contribution >= 4 is 5.97 Å². The van der Waals surface area contributed by atoms with Crippen LogP contribution in [0.5, 0.6) is 0 Å². The zero-order valence-corrected chi connectivity index (χ0v) is 5.74. The van der Waals surface area contributed by atoms with Gasteiger partial charge in [-0.3, -0.25) is 0 Å². The summed E-state index contributed by atoms with van der Waals surface area (Å²) < 4.78 is 0. The maximum Gasteiger partial charge on any atom is 0.330 e. The minimum atomic E-state index is -0.904. The lowest BCUT2D eigenvalue weighted by Gasteiger charge is -1.89. The monoisotopic (exact) mass is 142 g/mol. The van der Waals surface area contributed by atoms with Crippen LogP contribution in [0.15, 0.2) is 11.6 Å². The largest absolute Gasteiger partial charge is 0.478 e. The third-order valence-electron chi connectivity index (χ3n) is 1.61. The van der Waals surface area contributed by atoms with E-state index in [0.717, 1.165) is 0 Å². The quantitative estimate of drug-likeness (QED) is 0.548. The summed E-state index contributed by atoms with van der Waals surface area (Å²) >= 11 is 0. The van der Waals surface area contributed by atoms with Crippen LogP contribution in [-0.2, 0) is 4.79 Å². The number of carboxylic acids is 1. The first-order valence-electron chi connectivity index (χ1n) is 3.21. The third-order valence-corrected chi connectivity index (χ3v) is 1.61. The van der Waals surface area contributed by atoms with Crippen LogP contribution in [0.2, 0.25) is 0 Å². The molecular formula is C7H10O3. The Morgan fingerprint density at radius 1 is 1.70 bits per heavy atom. The summed E-state index contributed by atoms with van der Waals surface area (Å²) in [5, 5.41) is 17.2. The Hall–Kier alpha value is -0.830. The molecule has 1 saturated carbocycles. The van der Waals surface area contributed by atoms with Crippen molar-refractivity contribution in [3.63, 3.8) is 0 Å². The second kappa shape index (κ2) is 2.42. The van der Waals surface area contributed by atoms with Crippen LogP contribution in [0.25, 0.3) is 0 Å². The molecule has 0 saturated heterocycles. The van der Waals surface area contributed by atoms with Crippen molar-refractivity contribution in [1.29, 1.82) is 0 Å². The number of carbonyl (C=O) groups is 1. The van der Waals surface area contributed by atoms with E-state index >= 15 is 0 Å². The maximum atomic E-state index is 10.2. The van der Waals surface area contributed by atoms with Gasteiger partial charge >= 0.3 is 5.97 Å². The van der Waals surface area contributed by atoms with E-state index in [1.807, 2.05) is 0 Å². The van der Waals surface area contributed by atoms with Crippen LogP contribution in [0.4, 0.5) is 0 Å². The predicted molar refractivity (Wildman–Crippen MR) is 35.5 cm³/mol. The molecule has 2 N–H and O–H groups in total. The Balaban J connectivity index is 2.47. The lowest BCUT2D eigenvalue weighted by molar-refractivity contribution is -0.132. The van der Waals surface area contributed by atoms with Gasteiger partial charge in [-0.25, -0.2) is 4.79 Å². The zero-order chi connectivity index (χ0) is 7.72. The summed E-state index contributed by atoms with van der Waals surface area (Å²) in [7, 11) is 0. The SMILES string of the molecule is CC(=CC1CC1O)C(=O)O. The van der Waals surface area contributed by atoms with Crippen LogP contribution in [0, 0.1) is 5.92 Å². The van der Waals surface area contributed by atoms with Crippen molar-refractivity contribution in [3.8, 4) is 0 Å². The molecule has 10 heavy (non-hydrogen) atoms. The Kier molecular flexibility index (Phi) is 1.76. The summed E-state index contributed by atoms with van der Waals surface area (Å²) in [6, 6.07) is 0. The first-order chi connectivity index (χ1) is 4.61. The van der Waals surface area contributed by atoms with E-state index in [9.17, 15) is 4.79 Å². The maximum absolute atomic E-state index is 10.2. The number of rotatable bonds is 2. The van der Waals surface area contributed by atoms with Crippen molar-refractivity contribution in [1.82, 2.24) is 0 Å². The number of hydrogen-bond donors (Lipinski definition) is 2. The number of hydrogen-bond acceptors (Lipinski definition) is 2. The standard InChI is InChI=1S/C7H10O3/c1-4(7(9)10)2-5-3-6(5)8/h2,5-6,8H,3H2,1H3,(H,9,10). The van der Waals surface area contributed by atoms with Crippen LogP contribution in [0.3, 0.4) is 0 Å². The molecule has 2 unspecified atom stereocenters. The molecule has 3 nitrogen and oxygen atoms in total. The highest BCUT2D eigenvalue weighted by atomic mass is 16.4. The van der Waals surface area contributed by atoms with Gasteiger partial charge in [0.2, 0.25) is 0 Å². The molecule has 0 radical (unpaired) electrons. The van der Waals surface area contributed by atoms with Crippen LogP contribution >= 0.6 is 0 Å². The average Bonchev–Trinajstić information content (AvgIpc) is 2.46. The predicted octanol–water partition coefficient (Wildman–Crippen LogP) is 0.398. The molecule has 0 bridgehead atoms. The molecule has 0 aliphatic heterocycles. The Labute approximate surface area is 59.0 Å². The fourth-order valence-electron chi connectivity index (χ4n) is 0.772. The molecule has 1 aliphatic rings. The fourth-order valence-corrected chi connectivity index (χ4v) is 0.772. The molecule has 0 amide bonds. The van der Waals surface area contributed by atoms with Crippen LogP contribution in [-0.4, -0.2) is 22.3 Å². The molecule has 0 spiro atoms. The molecule has 1 rings (SSSR count).